The van der Waals surface area contributed by atoms with Gasteiger partial charge in [0.1, 0.15) is 0 Å². The summed E-state index contributed by atoms with van der Waals surface area (Å²) >= 11 is 12.2. The van der Waals surface area contributed by atoms with E-state index in [4.69, 9.17) is 28.3 Å². The van der Waals surface area contributed by atoms with E-state index >= 15 is 0 Å². The molecule has 0 aliphatic rings. The zero-order valence-electron chi connectivity index (χ0n) is 9.88. The number of carboxylic acids is 1. The Morgan fingerprint density at radius 2 is 1.89 bits per heavy atom. The molecule has 1 N–H and O–H groups in total. The minimum Gasteiger partial charge on any atom is -0.478 e. The summed E-state index contributed by atoms with van der Waals surface area (Å²) in [5.41, 5.74) is 1.59. The van der Waals surface area contributed by atoms with Crippen molar-refractivity contribution in [1.82, 2.24) is 4.57 Å². The number of rotatable bonds is 4. The van der Waals surface area contributed by atoms with Crippen LogP contribution in [0.15, 0.2) is 42.6 Å². The fourth-order valence-corrected chi connectivity index (χ4v) is 2.25. The molecule has 2 aromatic rings. The quantitative estimate of drug-likeness (QED) is 0.868. The molecule has 0 aliphatic carbocycles. The van der Waals surface area contributed by atoms with Gasteiger partial charge in [-0.25, -0.2) is 4.79 Å². The summed E-state index contributed by atoms with van der Waals surface area (Å²) in [7, 11) is 0. The minimum absolute atomic E-state index is 0.491. The second-order valence-electron chi connectivity index (χ2n) is 3.93. The lowest BCUT2D eigenvalue weighted by Gasteiger charge is -2.10. The molecule has 98 valence electrons. The highest BCUT2D eigenvalue weighted by Crippen LogP contribution is 2.25. The molecule has 0 unspecified atom stereocenters. The first-order valence-electron chi connectivity index (χ1n) is 5.57. The zero-order valence-corrected chi connectivity index (χ0v) is 11.4. The van der Waals surface area contributed by atoms with Crippen LogP contribution in [-0.4, -0.2) is 15.6 Å². The van der Waals surface area contributed by atoms with Gasteiger partial charge in [0, 0.05) is 33.6 Å². The summed E-state index contributed by atoms with van der Waals surface area (Å²) in [4.78, 5) is 10.5. The van der Waals surface area contributed by atoms with Gasteiger partial charge >= 0.3 is 5.97 Å². The van der Waals surface area contributed by atoms with Crippen molar-refractivity contribution in [2.45, 2.75) is 6.54 Å². The van der Waals surface area contributed by atoms with E-state index in [9.17, 15) is 4.79 Å². The van der Waals surface area contributed by atoms with E-state index in [2.05, 4.69) is 0 Å². The molecule has 5 heteroatoms. The number of hydrogen-bond acceptors (Lipinski definition) is 1. The molecule has 1 aromatic carbocycles. The maximum absolute atomic E-state index is 10.5. The second-order valence-corrected chi connectivity index (χ2v) is 4.75. The summed E-state index contributed by atoms with van der Waals surface area (Å²) in [5, 5.41) is 9.83. The number of carboxylic acid groups (broad SMARTS) is 1. The van der Waals surface area contributed by atoms with Crippen LogP contribution in [0.3, 0.4) is 0 Å². The Hall–Kier alpha value is -1.71. The molecule has 0 spiro atoms. The number of aromatic nitrogens is 1. The molecule has 1 aromatic heterocycles. The second kappa shape index (κ2) is 5.95. The van der Waals surface area contributed by atoms with Crippen molar-refractivity contribution in [1.29, 1.82) is 0 Å². The van der Waals surface area contributed by atoms with Crippen LogP contribution in [0.2, 0.25) is 10.0 Å². The maximum Gasteiger partial charge on any atom is 0.328 e. The predicted octanol–water partition coefficient (Wildman–Crippen LogP) is 3.94. The number of aliphatic carboxylic acids is 1. The first kappa shape index (κ1) is 13.7. The van der Waals surface area contributed by atoms with Gasteiger partial charge in [0.15, 0.2) is 0 Å². The lowest BCUT2D eigenvalue weighted by Crippen LogP contribution is -2.02. The lowest BCUT2D eigenvalue weighted by molar-refractivity contribution is -0.131. The van der Waals surface area contributed by atoms with Crippen molar-refractivity contribution in [2.75, 3.05) is 0 Å². The maximum atomic E-state index is 10.5. The molecule has 0 radical (unpaired) electrons. The van der Waals surface area contributed by atoms with Gasteiger partial charge in [0.05, 0.1) is 6.54 Å². The molecule has 0 bridgehead atoms. The summed E-state index contributed by atoms with van der Waals surface area (Å²) < 4.78 is 1.88. The Balaban J connectivity index is 2.30. The smallest absolute Gasteiger partial charge is 0.328 e. The molecule has 3 nitrogen and oxygen atoms in total. The van der Waals surface area contributed by atoms with Crippen LogP contribution in [0.5, 0.6) is 0 Å². The van der Waals surface area contributed by atoms with Gasteiger partial charge in [-0.1, -0.05) is 29.3 Å². The van der Waals surface area contributed by atoms with Gasteiger partial charge < -0.3 is 9.67 Å². The predicted molar refractivity (Wildman–Crippen MR) is 76.7 cm³/mol. The highest BCUT2D eigenvalue weighted by Gasteiger charge is 2.07. The van der Waals surface area contributed by atoms with Crippen LogP contribution in [0.25, 0.3) is 6.08 Å². The Kier molecular flexibility index (Phi) is 4.30. The summed E-state index contributed by atoms with van der Waals surface area (Å²) in [6.45, 7) is 0.491. The molecular weight excluding hydrogens is 285 g/mol. The highest BCUT2D eigenvalue weighted by atomic mass is 35.5. The Bertz CT molecular complexity index is 612. The van der Waals surface area contributed by atoms with Gasteiger partial charge in [-0.2, -0.15) is 0 Å². The number of benzene rings is 1. The molecule has 19 heavy (non-hydrogen) atoms. The molecule has 0 aliphatic heterocycles. The molecule has 0 amide bonds. The molecule has 0 saturated carbocycles. The first-order valence-corrected chi connectivity index (χ1v) is 6.32. The largest absolute Gasteiger partial charge is 0.478 e. The van der Waals surface area contributed by atoms with Crippen LogP contribution < -0.4 is 0 Å². The fraction of sp³-hybridized carbons (Fsp3) is 0.0714. The van der Waals surface area contributed by atoms with Crippen molar-refractivity contribution in [3.8, 4) is 0 Å². The zero-order chi connectivity index (χ0) is 13.8. The SMILES string of the molecule is O=C(O)/C=C/c1cccn1Cc1c(Cl)cccc1Cl. The molecular formula is C14H11Cl2NO2. The van der Waals surface area contributed by atoms with Crippen LogP contribution in [-0.2, 0) is 11.3 Å². The number of hydrogen-bond donors (Lipinski definition) is 1. The average molecular weight is 296 g/mol. The lowest BCUT2D eigenvalue weighted by atomic mass is 10.2. The van der Waals surface area contributed by atoms with E-state index in [1.807, 2.05) is 22.9 Å². The topological polar surface area (TPSA) is 42.2 Å². The molecule has 0 atom stereocenters. The molecule has 0 saturated heterocycles. The first-order chi connectivity index (χ1) is 9.08. The van der Waals surface area contributed by atoms with Gasteiger partial charge in [-0.05, 0) is 30.3 Å². The molecule has 2 rings (SSSR count). The Labute approximate surface area is 120 Å². The average Bonchev–Trinajstić information content (AvgIpc) is 2.79. The normalized spacial score (nSPS) is 11.1. The van der Waals surface area contributed by atoms with Crippen molar-refractivity contribution >= 4 is 35.2 Å². The van der Waals surface area contributed by atoms with Crippen molar-refractivity contribution in [3.63, 3.8) is 0 Å². The summed E-state index contributed by atoms with van der Waals surface area (Å²) in [6, 6.07) is 9.00. The van der Waals surface area contributed by atoms with Gasteiger partial charge in [0.2, 0.25) is 0 Å². The van der Waals surface area contributed by atoms with E-state index in [0.29, 0.717) is 16.6 Å². The van der Waals surface area contributed by atoms with Crippen LogP contribution in [0.4, 0.5) is 0 Å². The standard InChI is InChI=1S/C14H11Cl2NO2/c15-12-4-1-5-13(16)11(12)9-17-8-2-3-10(17)6-7-14(18)19/h1-8H,9H2,(H,18,19)/b7-6+. The highest BCUT2D eigenvalue weighted by molar-refractivity contribution is 6.35. The third-order valence-corrected chi connectivity index (χ3v) is 3.36. The van der Waals surface area contributed by atoms with E-state index in [-0.39, 0.29) is 0 Å². The van der Waals surface area contributed by atoms with E-state index < -0.39 is 5.97 Å². The van der Waals surface area contributed by atoms with Crippen LogP contribution in [0, 0.1) is 0 Å². The van der Waals surface area contributed by atoms with Crippen molar-refractivity contribution < 1.29 is 9.90 Å². The third-order valence-electron chi connectivity index (χ3n) is 2.65. The van der Waals surface area contributed by atoms with Gasteiger partial charge in [0.25, 0.3) is 0 Å². The Morgan fingerprint density at radius 3 is 2.53 bits per heavy atom. The number of carbonyl (C=O) groups is 1. The van der Waals surface area contributed by atoms with Crippen molar-refractivity contribution in [3.05, 3.63) is 63.9 Å². The van der Waals surface area contributed by atoms with Gasteiger partial charge in [-0.3, -0.25) is 0 Å². The number of nitrogens with zero attached hydrogens (tertiary/aromatic N) is 1. The van der Waals surface area contributed by atoms with E-state index in [1.165, 1.54) is 6.08 Å². The number of halogens is 2. The van der Waals surface area contributed by atoms with Crippen molar-refractivity contribution in [2.24, 2.45) is 0 Å². The summed E-state index contributed by atoms with van der Waals surface area (Å²) in [6.07, 6.45) is 4.48. The monoisotopic (exact) mass is 295 g/mol. The van der Waals surface area contributed by atoms with E-state index in [0.717, 1.165) is 17.3 Å². The molecule has 0 fully saturated rings. The third kappa shape index (κ3) is 3.40. The van der Waals surface area contributed by atoms with Crippen LogP contribution in [0.1, 0.15) is 11.3 Å². The van der Waals surface area contributed by atoms with Gasteiger partial charge in [-0.15, -0.1) is 0 Å². The van der Waals surface area contributed by atoms with Crippen LogP contribution >= 0.6 is 23.2 Å². The van der Waals surface area contributed by atoms with E-state index in [1.54, 1.807) is 18.2 Å². The summed E-state index contributed by atoms with van der Waals surface area (Å²) in [5.74, 6) is -0.983. The molecule has 1 heterocycles. The minimum atomic E-state index is -0.983. The Morgan fingerprint density at radius 1 is 1.21 bits per heavy atom. The fourth-order valence-electron chi connectivity index (χ4n) is 1.73.